The predicted molar refractivity (Wildman–Crippen MR) is 85.5 cm³/mol. The minimum Gasteiger partial charge on any atom is -0.384 e. The van der Waals surface area contributed by atoms with E-state index in [9.17, 15) is 4.79 Å². The molecule has 116 valence electrons. The first kappa shape index (κ1) is 16.0. The first-order valence-corrected chi connectivity index (χ1v) is 7.81. The third kappa shape index (κ3) is 4.55. The van der Waals surface area contributed by atoms with Gasteiger partial charge in [-0.3, -0.25) is 4.79 Å². The third-order valence-corrected chi connectivity index (χ3v) is 4.10. The summed E-state index contributed by atoms with van der Waals surface area (Å²) in [7, 11) is 1.76. The number of anilines is 1. The molecule has 0 radical (unpaired) electrons. The standard InChI is InChI=1S/C17H26N2O2/c1-3-19(16-7-5-4-6-8-16)17(20)10-12-18-11-9-15(13-18)14-21-2/h4-8,15H,3,9-14H2,1-2H3/t15-/m0/s1. The minimum absolute atomic E-state index is 0.207. The molecule has 2 rings (SSSR count). The molecule has 1 saturated heterocycles. The zero-order valence-corrected chi connectivity index (χ0v) is 13.1. The smallest absolute Gasteiger partial charge is 0.228 e. The molecule has 0 unspecified atom stereocenters. The molecule has 0 aliphatic carbocycles. The zero-order valence-electron chi connectivity index (χ0n) is 13.1. The lowest BCUT2D eigenvalue weighted by atomic mass is 10.1. The number of ether oxygens (including phenoxy) is 1. The number of hydrogen-bond donors (Lipinski definition) is 0. The van der Waals surface area contributed by atoms with Crippen LogP contribution in [-0.4, -0.2) is 50.7 Å². The molecule has 1 aliphatic heterocycles. The van der Waals surface area contributed by atoms with E-state index in [1.165, 1.54) is 6.42 Å². The Morgan fingerprint density at radius 1 is 1.38 bits per heavy atom. The second-order valence-corrected chi connectivity index (χ2v) is 5.63. The molecule has 1 aromatic rings. The number of amides is 1. The Hall–Kier alpha value is -1.39. The summed E-state index contributed by atoms with van der Waals surface area (Å²) in [6.45, 7) is 6.56. The lowest BCUT2D eigenvalue weighted by Crippen LogP contribution is -2.34. The van der Waals surface area contributed by atoms with E-state index in [-0.39, 0.29) is 5.91 Å². The van der Waals surface area contributed by atoms with E-state index in [0.29, 0.717) is 12.3 Å². The Bertz CT molecular complexity index is 436. The van der Waals surface area contributed by atoms with Gasteiger partial charge in [-0.2, -0.15) is 0 Å². The summed E-state index contributed by atoms with van der Waals surface area (Å²) in [5, 5.41) is 0. The molecular weight excluding hydrogens is 264 g/mol. The maximum Gasteiger partial charge on any atom is 0.228 e. The van der Waals surface area contributed by atoms with Crippen LogP contribution in [0.1, 0.15) is 19.8 Å². The molecule has 0 N–H and O–H groups in total. The lowest BCUT2D eigenvalue weighted by Gasteiger charge is -2.23. The van der Waals surface area contributed by atoms with Gasteiger partial charge in [0.25, 0.3) is 0 Å². The van der Waals surface area contributed by atoms with Gasteiger partial charge in [0.15, 0.2) is 0 Å². The number of para-hydroxylation sites is 1. The van der Waals surface area contributed by atoms with E-state index in [1.54, 1.807) is 7.11 Å². The molecule has 1 fully saturated rings. The van der Waals surface area contributed by atoms with Crippen LogP contribution in [0.4, 0.5) is 5.69 Å². The van der Waals surface area contributed by atoms with Gasteiger partial charge in [0.05, 0.1) is 6.61 Å². The third-order valence-electron chi connectivity index (χ3n) is 4.10. The van der Waals surface area contributed by atoms with Crippen molar-refractivity contribution in [2.24, 2.45) is 5.92 Å². The van der Waals surface area contributed by atoms with E-state index in [4.69, 9.17) is 4.74 Å². The average molecular weight is 290 g/mol. The van der Waals surface area contributed by atoms with E-state index in [2.05, 4.69) is 4.90 Å². The van der Waals surface area contributed by atoms with Gasteiger partial charge in [0.1, 0.15) is 0 Å². The summed E-state index contributed by atoms with van der Waals surface area (Å²) in [6.07, 6.45) is 1.76. The van der Waals surface area contributed by atoms with Crippen molar-refractivity contribution in [3.63, 3.8) is 0 Å². The van der Waals surface area contributed by atoms with Gasteiger partial charge in [-0.15, -0.1) is 0 Å². The topological polar surface area (TPSA) is 32.8 Å². The highest BCUT2D eigenvalue weighted by Crippen LogP contribution is 2.18. The zero-order chi connectivity index (χ0) is 15.1. The summed E-state index contributed by atoms with van der Waals surface area (Å²) in [4.78, 5) is 16.7. The Kier molecular flexibility index (Phi) is 6.21. The number of rotatable bonds is 7. The fourth-order valence-electron chi connectivity index (χ4n) is 2.99. The van der Waals surface area contributed by atoms with E-state index < -0.39 is 0 Å². The van der Waals surface area contributed by atoms with Gasteiger partial charge < -0.3 is 14.5 Å². The highest BCUT2D eigenvalue weighted by atomic mass is 16.5. The maximum atomic E-state index is 12.4. The molecule has 0 spiro atoms. The number of nitrogens with zero attached hydrogens (tertiary/aromatic N) is 2. The van der Waals surface area contributed by atoms with Crippen LogP contribution < -0.4 is 4.90 Å². The van der Waals surface area contributed by atoms with Crippen molar-refractivity contribution >= 4 is 11.6 Å². The van der Waals surface area contributed by atoms with Gasteiger partial charge in [0.2, 0.25) is 5.91 Å². The second kappa shape index (κ2) is 8.15. The van der Waals surface area contributed by atoms with Crippen LogP contribution >= 0.6 is 0 Å². The first-order chi connectivity index (χ1) is 10.2. The fourth-order valence-corrected chi connectivity index (χ4v) is 2.99. The van der Waals surface area contributed by atoms with Crippen molar-refractivity contribution in [1.82, 2.24) is 4.90 Å². The van der Waals surface area contributed by atoms with Crippen molar-refractivity contribution in [3.05, 3.63) is 30.3 Å². The molecule has 21 heavy (non-hydrogen) atoms. The SMILES string of the molecule is CCN(C(=O)CCN1CC[C@H](COC)C1)c1ccccc1. The fraction of sp³-hybridized carbons (Fsp3) is 0.588. The normalized spacial score (nSPS) is 18.9. The molecule has 0 bridgehead atoms. The van der Waals surface area contributed by atoms with E-state index in [1.807, 2.05) is 42.2 Å². The van der Waals surface area contributed by atoms with Gasteiger partial charge in [-0.25, -0.2) is 0 Å². The number of carbonyl (C=O) groups is 1. The van der Waals surface area contributed by atoms with Crippen LogP contribution in [0, 0.1) is 5.92 Å². The van der Waals surface area contributed by atoms with Gasteiger partial charge in [-0.1, -0.05) is 18.2 Å². The van der Waals surface area contributed by atoms with Crippen LogP contribution in [0.3, 0.4) is 0 Å². The largest absolute Gasteiger partial charge is 0.384 e. The Balaban J connectivity index is 1.81. The number of carbonyl (C=O) groups excluding carboxylic acids is 1. The van der Waals surface area contributed by atoms with Crippen molar-refractivity contribution in [1.29, 1.82) is 0 Å². The quantitative estimate of drug-likeness (QED) is 0.773. The summed E-state index contributed by atoms with van der Waals surface area (Å²) in [6, 6.07) is 9.90. The second-order valence-electron chi connectivity index (χ2n) is 5.63. The van der Waals surface area contributed by atoms with Crippen LogP contribution in [0.5, 0.6) is 0 Å². The van der Waals surface area contributed by atoms with Gasteiger partial charge >= 0.3 is 0 Å². The molecule has 1 heterocycles. The summed E-state index contributed by atoms with van der Waals surface area (Å²) < 4.78 is 5.21. The van der Waals surface area contributed by atoms with Gasteiger partial charge in [-0.05, 0) is 37.9 Å². The summed E-state index contributed by atoms with van der Waals surface area (Å²) in [5.41, 5.74) is 0.990. The van der Waals surface area contributed by atoms with E-state index in [0.717, 1.165) is 38.5 Å². The predicted octanol–water partition coefficient (Wildman–Crippen LogP) is 2.40. The highest BCUT2D eigenvalue weighted by Gasteiger charge is 2.23. The maximum absolute atomic E-state index is 12.4. The molecule has 1 aromatic carbocycles. The Morgan fingerprint density at radius 3 is 2.81 bits per heavy atom. The van der Waals surface area contributed by atoms with Crippen LogP contribution in [-0.2, 0) is 9.53 Å². The molecule has 0 saturated carbocycles. The Labute approximate surface area is 127 Å². The molecular formula is C17H26N2O2. The van der Waals surface area contributed by atoms with Gasteiger partial charge in [0, 0.05) is 38.9 Å². The minimum atomic E-state index is 0.207. The molecule has 4 nitrogen and oxygen atoms in total. The first-order valence-electron chi connectivity index (χ1n) is 7.81. The molecule has 4 heteroatoms. The molecule has 1 amide bonds. The number of methoxy groups -OCH3 is 1. The van der Waals surface area contributed by atoms with Crippen LogP contribution in [0.2, 0.25) is 0 Å². The van der Waals surface area contributed by atoms with Crippen molar-refractivity contribution in [2.75, 3.05) is 44.8 Å². The molecule has 1 atom stereocenters. The van der Waals surface area contributed by atoms with E-state index >= 15 is 0 Å². The van der Waals surface area contributed by atoms with Crippen LogP contribution in [0.15, 0.2) is 30.3 Å². The number of likely N-dealkylation sites (tertiary alicyclic amines) is 1. The average Bonchev–Trinajstić information content (AvgIpc) is 2.95. The molecule has 0 aromatic heterocycles. The monoisotopic (exact) mass is 290 g/mol. The lowest BCUT2D eigenvalue weighted by molar-refractivity contribution is -0.118. The number of benzene rings is 1. The Morgan fingerprint density at radius 2 is 2.14 bits per heavy atom. The number of hydrogen-bond acceptors (Lipinski definition) is 3. The highest BCUT2D eigenvalue weighted by molar-refractivity contribution is 5.93. The summed E-state index contributed by atoms with van der Waals surface area (Å²) >= 11 is 0. The van der Waals surface area contributed by atoms with Crippen molar-refractivity contribution < 1.29 is 9.53 Å². The van der Waals surface area contributed by atoms with Crippen molar-refractivity contribution in [2.45, 2.75) is 19.8 Å². The molecule has 1 aliphatic rings. The van der Waals surface area contributed by atoms with Crippen LogP contribution in [0.25, 0.3) is 0 Å². The van der Waals surface area contributed by atoms with Crippen molar-refractivity contribution in [3.8, 4) is 0 Å². The summed E-state index contributed by atoms with van der Waals surface area (Å²) in [5.74, 6) is 0.834.